The summed E-state index contributed by atoms with van der Waals surface area (Å²) < 4.78 is 22.9. The smallest absolute Gasteiger partial charge is 0.241 e. The van der Waals surface area contributed by atoms with Gasteiger partial charge in [-0.05, 0) is 35.9 Å². The summed E-state index contributed by atoms with van der Waals surface area (Å²) in [4.78, 5) is 3.77. The van der Waals surface area contributed by atoms with Crippen LogP contribution in [0.2, 0.25) is 10.0 Å². The van der Waals surface area contributed by atoms with E-state index in [4.69, 9.17) is 28.3 Å². The molecule has 22 heavy (non-hydrogen) atoms. The monoisotopic (exact) mass is 361 g/mol. The first-order chi connectivity index (χ1) is 10.3. The van der Waals surface area contributed by atoms with Gasteiger partial charge in [0, 0.05) is 22.8 Å². The van der Waals surface area contributed by atoms with Crippen LogP contribution in [0.5, 0.6) is 0 Å². The summed E-state index contributed by atoms with van der Waals surface area (Å²) >= 11 is 11.7. The second-order valence-corrected chi connectivity index (χ2v) is 6.90. The average Bonchev–Trinajstić information content (AvgIpc) is 2.43. The van der Waals surface area contributed by atoms with Gasteiger partial charge in [-0.15, -0.1) is 0 Å². The topological polar surface area (TPSA) is 105 Å². The Bertz CT molecular complexity index is 764. The number of nitrogens with two attached hydrogens (primary N) is 1. The first-order valence-corrected chi connectivity index (χ1v) is 8.43. The van der Waals surface area contributed by atoms with Crippen LogP contribution in [-0.4, -0.2) is 25.1 Å². The van der Waals surface area contributed by atoms with Crippen LogP contribution in [0.15, 0.2) is 41.4 Å². The van der Waals surface area contributed by atoms with Crippen LogP contribution in [0, 0.1) is 0 Å². The molecule has 0 aliphatic heterocycles. The van der Waals surface area contributed by atoms with E-state index in [1.54, 1.807) is 18.2 Å². The molecule has 0 saturated carbocycles. The number of primary sulfonamides is 1. The van der Waals surface area contributed by atoms with E-state index in [-0.39, 0.29) is 17.3 Å². The molecule has 4 N–H and O–H groups in total. The number of aliphatic hydroxyl groups excluding tert-OH is 1. The lowest BCUT2D eigenvalue weighted by atomic mass is 10.1. The van der Waals surface area contributed by atoms with Crippen LogP contribution in [0.25, 0.3) is 0 Å². The number of hydrogen-bond acceptors (Lipinski definition) is 5. The Balaban J connectivity index is 2.17. The molecule has 0 aliphatic carbocycles. The summed E-state index contributed by atoms with van der Waals surface area (Å²) in [5.41, 5.74) is 0.498. The van der Waals surface area contributed by atoms with E-state index >= 15 is 0 Å². The fourth-order valence-corrected chi connectivity index (χ4v) is 3.04. The molecule has 6 nitrogen and oxygen atoms in total. The number of aliphatic hydroxyl groups is 1. The molecule has 1 aromatic heterocycles. The highest BCUT2D eigenvalue weighted by Gasteiger charge is 2.16. The quantitative estimate of drug-likeness (QED) is 0.756. The van der Waals surface area contributed by atoms with Crippen LogP contribution >= 0.6 is 23.2 Å². The molecule has 0 amide bonds. The maximum Gasteiger partial charge on any atom is 0.241 e. The summed E-state index contributed by atoms with van der Waals surface area (Å²) in [5.74, 6) is 0.0668. The van der Waals surface area contributed by atoms with Gasteiger partial charge >= 0.3 is 0 Å². The number of nitrogens with one attached hydrogen (secondary N) is 1. The molecule has 0 fully saturated rings. The van der Waals surface area contributed by atoms with Gasteiger partial charge in [-0.1, -0.05) is 23.2 Å². The van der Waals surface area contributed by atoms with Gasteiger partial charge in [0.05, 0.1) is 6.10 Å². The van der Waals surface area contributed by atoms with Gasteiger partial charge in [0.15, 0.2) is 0 Å². The number of aromatic nitrogens is 1. The maximum atomic E-state index is 11.5. The number of hydrogen-bond donors (Lipinski definition) is 3. The minimum absolute atomic E-state index is 0.0101. The lowest BCUT2D eigenvalue weighted by molar-refractivity contribution is 0.191. The SMILES string of the molecule is NS(=O)(=O)c1cccnc1NCC(O)c1cc(Cl)cc(Cl)c1. The fraction of sp³-hybridized carbons (Fsp3) is 0.154. The van der Waals surface area contributed by atoms with Gasteiger partial charge in [0.25, 0.3) is 0 Å². The van der Waals surface area contributed by atoms with Gasteiger partial charge in [-0.3, -0.25) is 0 Å². The van der Waals surface area contributed by atoms with Crippen LogP contribution in [0.1, 0.15) is 11.7 Å². The van der Waals surface area contributed by atoms with Gasteiger partial charge < -0.3 is 10.4 Å². The third-order valence-electron chi connectivity index (χ3n) is 2.81. The summed E-state index contributed by atoms with van der Waals surface area (Å²) in [6.07, 6.45) is 0.464. The summed E-state index contributed by atoms with van der Waals surface area (Å²) in [6.45, 7) is 0.0101. The largest absolute Gasteiger partial charge is 0.387 e. The van der Waals surface area contributed by atoms with Crippen molar-refractivity contribution in [3.63, 3.8) is 0 Å². The highest BCUT2D eigenvalue weighted by atomic mass is 35.5. The lowest BCUT2D eigenvalue weighted by Gasteiger charge is -2.15. The molecule has 1 heterocycles. The zero-order valence-corrected chi connectivity index (χ0v) is 13.5. The summed E-state index contributed by atoms with van der Waals surface area (Å²) in [7, 11) is -3.91. The first kappa shape index (κ1) is 17.0. The third kappa shape index (κ3) is 4.31. The zero-order chi connectivity index (χ0) is 16.3. The van der Waals surface area contributed by atoms with Gasteiger partial charge in [0.1, 0.15) is 10.7 Å². The normalized spacial score (nSPS) is 12.9. The lowest BCUT2D eigenvalue weighted by Crippen LogP contribution is -2.18. The van der Waals surface area contributed by atoms with E-state index in [9.17, 15) is 13.5 Å². The van der Waals surface area contributed by atoms with E-state index in [0.717, 1.165) is 0 Å². The van der Waals surface area contributed by atoms with E-state index in [0.29, 0.717) is 15.6 Å². The Morgan fingerprint density at radius 3 is 2.50 bits per heavy atom. The van der Waals surface area contributed by atoms with E-state index in [1.165, 1.54) is 18.3 Å². The van der Waals surface area contributed by atoms with Crippen LogP contribution in [0.4, 0.5) is 5.82 Å². The van der Waals surface area contributed by atoms with Gasteiger partial charge in [-0.25, -0.2) is 18.5 Å². The van der Waals surface area contributed by atoms with E-state index in [2.05, 4.69) is 10.3 Å². The molecule has 9 heteroatoms. The number of anilines is 1. The average molecular weight is 362 g/mol. The molecule has 0 spiro atoms. The molecule has 118 valence electrons. The highest BCUT2D eigenvalue weighted by Crippen LogP contribution is 2.24. The summed E-state index contributed by atoms with van der Waals surface area (Å²) in [5, 5.41) is 18.8. The number of benzene rings is 1. The van der Waals surface area contributed by atoms with Crippen molar-refractivity contribution < 1.29 is 13.5 Å². The predicted molar refractivity (Wildman–Crippen MR) is 85.5 cm³/mol. The number of pyridine rings is 1. The molecule has 0 radical (unpaired) electrons. The second-order valence-electron chi connectivity index (χ2n) is 4.49. The second kappa shape index (κ2) is 6.80. The molecule has 1 aromatic carbocycles. The van der Waals surface area contributed by atoms with Crippen molar-refractivity contribution in [3.05, 3.63) is 52.1 Å². The molecule has 1 atom stereocenters. The van der Waals surface area contributed by atoms with Crippen molar-refractivity contribution in [3.8, 4) is 0 Å². The molecule has 2 rings (SSSR count). The molecule has 0 aliphatic rings. The first-order valence-electron chi connectivity index (χ1n) is 6.13. The van der Waals surface area contributed by atoms with Crippen molar-refractivity contribution in [2.75, 3.05) is 11.9 Å². The maximum absolute atomic E-state index is 11.5. The fourth-order valence-electron chi connectivity index (χ4n) is 1.83. The van der Waals surface area contributed by atoms with E-state index in [1.807, 2.05) is 0 Å². The van der Waals surface area contributed by atoms with Crippen molar-refractivity contribution in [1.29, 1.82) is 0 Å². The molecular formula is C13H13Cl2N3O3S. The van der Waals surface area contributed by atoms with Crippen molar-refractivity contribution >= 4 is 39.0 Å². The minimum Gasteiger partial charge on any atom is -0.387 e. The van der Waals surface area contributed by atoms with Crippen molar-refractivity contribution in [2.24, 2.45) is 5.14 Å². The van der Waals surface area contributed by atoms with Crippen molar-refractivity contribution in [2.45, 2.75) is 11.0 Å². The van der Waals surface area contributed by atoms with Crippen LogP contribution < -0.4 is 10.5 Å². The summed E-state index contributed by atoms with van der Waals surface area (Å²) in [6, 6.07) is 7.47. The van der Waals surface area contributed by atoms with Crippen LogP contribution in [-0.2, 0) is 10.0 Å². The Kier molecular flexibility index (Phi) is 5.25. The Morgan fingerprint density at radius 2 is 1.91 bits per heavy atom. The third-order valence-corrected chi connectivity index (χ3v) is 4.19. The Hall–Kier alpha value is -1.38. The zero-order valence-electron chi connectivity index (χ0n) is 11.2. The number of sulfonamides is 1. The Morgan fingerprint density at radius 1 is 1.27 bits per heavy atom. The molecule has 1 unspecified atom stereocenters. The number of nitrogens with zero attached hydrogens (tertiary/aromatic N) is 1. The highest BCUT2D eigenvalue weighted by molar-refractivity contribution is 7.89. The predicted octanol–water partition coefficient (Wildman–Crippen LogP) is 2.18. The molecular weight excluding hydrogens is 349 g/mol. The molecule has 0 bridgehead atoms. The van der Waals surface area contributed by atoms with Gasteiger partial charge in [0.2, 0.25) is 10.0 Å². The van der Waals surface area contributed by atoms with E-state index < -0.39 is 16.1 Å². The van der Waals surface area contributed by atoms with Crippen molar-refractivity contribution in [1.82, 2.24) is 4.98 Å². The number of rotatable bonds is 5. The standard InChI is InChI=1S/C13H13Cl2N3O3S/c14-9-4-8(5-10(15)6-9)11(19)7-18-13-12(22(16,20)21)2-1-3-17-13/h1-6,11,19H,7H2,(H,17,18)(H2,16,20,21). The van der Waals surface area contributed by atoms with Crippen LogP contribution in [0.3, 0.4) is 0 Å². The Labute approximate surface area is 137 Å². The number of halogens is 2. The molecule has 0 saturated heterocycles. The van der Waals surface area contributed by atoms with Gasteiger partial charge in [-0.2, -0.15) is 0 Å². The molecule has 2 aromatic rings. The minimum atomic E-state index is -3.91.